The molecule has 3 N–H and O–H groups in total. The van der Waals surface area contributed by atoms with E-state index in [9.17, 15) is 22.8 Å². The van der Waals surface area contributed by atoms with Crippen LogP contribution in [-0.2, 0) is 19.4 Å². The normalized spacial score (nSPS) is 17.9. The molecule has 0 saturated carbocycles. The van der Waals surface area contributed by atoms with Crippen molar-refractivity contribution in [1.82, 2.24) is 10.2 Å². The smallest absolute Gasteiger partial charge is 0.411 e. The van der Waals surface area contributed by atoms with Gasteiger partial charge in [0, 0.05) is 23.5 Å². The monoisotopic (exact) mass is 664 g/mol. The Bertz CT molecular complexity index is 1810. The number of likely N-dealkylation sites (tertiary alicyclic amines) is 1. The van der Waals surface area contributed by atoms with Crippen LogP contribution in [0.1, 0.15) is 78.8 Å². The Morgan fingerprint density at radius 3 is 2.34 bits per heavy atom. The molecule has 2 aliphatic rings. The molecule has 0 spiro atoms. The number of rotatable bonds is 10. The molecule has 3 aromatic carbocycles. The summed E-state index contributed by atoms with van der Waals surface area (Å²) in [7, 11) is 0.505. The van der Waals surface area contributed by atoms with E-state index in [1.54, 1.807) is 49.1 Å². The molecule has 0 radical (unpaired) electrons. The second-order valence-electron chi connectivity index (χ2n) is 11.8. The van der Waals surface area contributed by atoms with E-state index in [1.165, 1.54) is 33.5 Å². The average molecular weight is 665 g/mol. The van der Waals surface area contributed by atoms with Gasteiger partial charge in [0.15, 0.2) is 21.3 Å². The number of nitrogens with one attached hydrogen (secondary N) is 3. The molecule has 3 amide bonds. The van der Waals surface area contributed by atoms with Crippen molar-refractivity contribution in [3.05, 3.63) is 76.9 Å². The van der Waals surface area contributed by atoms with Gasteiger partial charge in [-0.15, -0.1) is 0 Å². The Labute approximate surface area is 274 Å². The van der Waals surface area contributed by atoms with Gasteiger partial charge in [-0.25, -0.2) is 13.2 Å². The summed E-state index contributed by atoms with van der Waals surface area (Å²) in [5.41, 5.74) is 3.28. The predicted molar refractivity (Wildman–Crippen MR) is 177 cm³/mol. The molecule has 2 heterocycles. The van der Waals surface area contributed by atoms with Crippen molar-refractivity contribution in [1.29, 1.82) is 0 Å². The van der Waals surface area contributed by atoms with Crippen LogP contribution in [0.15, 0.2) is 59.5 Å². The number of hydrogen-bond acceptors (Lipinski definition) is 9. The fourth-order valence-corrected chi connectivity index (χ4v) is 7.44. The van der Waals surface area contributed by atoms with Gasteiger partial charge in [0.25, 0.3) is 5.91 Å². The average Bonchev–Trinajstić information content (AvgIpc) is 3.66. The van der Waals surface area contributed by atoms with Crippen molar-refractivity contribution in [2.45, 2.75) is 61.9 Å². The Morgan fingerprint density at radius 1 is 0.936 bits per heavy atom. The van der Waals surface area contributed by atoms with Crippen molar-refractivity contribution in [2.75, 3.05) is 38.5 Å². The van der Waals surface area contributed by atoms with Gasteiger partial charge in [0.2, 0.25) is 5.91 Å². The van der Waals surface area contributed by atoms with Gasteiger partial charge in [-0.1, -0.05) is 12.1 Å². The number of amides is 3. The maximum atomic E-state index is 14.7. The van der Waals surface area contributed by atoms with Crippen LogP contribution < -0.4 is 25.4 Å². The molecule has 3 aromatic rings. The van der Waals surface area contributed by atoms with Crippen molar-refractivity contribution in [2.24, 2.45) is 0 Å². The fraction of sp³-hybridized carbons (Fsp3) is 0.382. The van der Waals surface area contributed by atoms with Crippen LogP contribution >= 0.6 is 0 Å². The molecule has 0 aliphatic carbocycles. The van der Waals surface area contributed by atoms with E-state index >= 15 is 0 Å². The van der Waals surface area contributed by atoms with Gasteiger partial charge < -0.3 is 29.7 Å². The lowest BCUT2D eigenvalue weighted by atomic mass is 10.00. The number of nitrogens with zero attached hydrogens (tertiary/aromatic N) is 1. The number of carbonyl (C=O) groups is 3. The lowest BCUT2D eigenvalue weighted by molar-refractivity contribution is -0.133. The summed E-state index contributed by atoms with van der Waals surface area (Å²) in [5.74, 6) is 0.418. The van der Waals surface area contributed by atoms with Gasteiger partial charge >= 0.3 is 6.09 Å². The largest absolute Gasteiger partial charge is 0.493 e. The third-order valence-corrected chi connectivity index (χ3v) is 10.9. The van der Waals surface area contributed by atoms with Gasteiger partial charge in [0.1, 0.15) is 6.04 Å². The lowest BCUT2D eigenvalue weighted by Gasteiger charge is -2.32. The number of anilines is 2. The molecule has 250 valence electrons. The molecular weight excluding hydrogens is 624 g/mol. The number of hydrogen-bond donors (Lipinski definition) is 3. The zero-order valence-corrected chi connectivity index (χ0v) is 28.1. The zero-order chi connectivity index (χ0) is 34.0. The predicted octanol–water partition coefficient (Wildman–Crippen LogP) is 5.39. The maximum Gasteiger partial charge on any atom is 0.411 e. The maximum absolute atomic E-state index is 14.7. The van der Waals surface area contributed by atoms with Crippen LogP contribution in [0.2, 0.25) is 0 Å². The molecule has 1 fully saturated rings. The van der Waals surface area contributed by atoms with Gasteiger partial charge in [0.05, 0.1) is 43.6 Å². The van der Waals surface area contributed by atoms with E-state index in [-0.39, 0.29) is 22.8 Å². The molecule has 0 bridgehead atoms. The van der Waals surface area contributed by atoms with Crippen LogP contribution in [0.5, 0.6) is 11.5 Å². The van der Waals surface area contributed by atoms with E-state index in [2.05, 4.69) is 16.0 Å². The Morgan fingerprint density at radius 2 is 1.66 bits per heavy atom. The summed E-state index contributed by atoms with van der Waals surface area (Å²) in [6.07, 6.45) is 0.427. The molecule has 5 rings (SSSR count). The topological polar surface area (TPSA) is 152 Å². The first-order valence-electron chi connectivity index (χ1n) is 15.4. The third kappa shape index (κ3) is 6.57. The first-order valence-corrected chi connectivity index (χ1v) is 16.9. The van der Waals surface area contributed by atoms with Crippen LogP contribution in [0.25, 0.3) is 0 Å². The zero-order valence-electron chi connectivity index (χ0n) is 27.2. The first kappa shape index (κ1) is 33.6. The summed E-state index contributed by atoms with van der Waals surface area (Å²) < 4.78 is 42.8. The molecule has 1 saturated heterocycles. The molecule has 13 heteroatoms. The SMILES string of the molecule is COC(=O)Nc1ccc(S(=O)(=O)C(C)C)c(C2CCCN2C(=O)C(Nc2ccc3c(c2)C(=O)NC3C)c2ccc(OC)c(OC)c2)c1. The fourth-order valence-electron chi connectivity index (χ4n) is 6.15. The number of benzene rings is 3. The highest BCUT2D eigenvalue weighted by atomic mass is 32.2. The molecule has 0 aromatic heterocycles. The number of fused-ring (bicyclic) bond motifs is 1. The lowest BCUT2D eigenvalue weighted by Crippen LogP contribution is -2.38. The van der Waals surface area contributed by atoms with Crippen LogP contribution in [-0.4, -0.2) is 64.3 Å². The summed E-state index contributed by atoms with van der Waals surface area (Å²) >= 11 is 0. The standard InChI is InChI=1S/C34H40N4O8S/c1-19(2)47(42,43)30-14-11-23(37-34(41)46-6)18-26(30)27-8-7-15-38(27)33(40)31(21-9-13-28(44-4)29(16-21)45-5)36-22-10-12-24-20(3)35-32(39)25(24)17-22/h9-14,16-20,27,31,36H,7-8,15H2,1-6H3,(H,35,39)(H,37,41). The summed E-state index contributed by atoms with van der Waals surface area (Å²) in [4.78, 5) is 41.2. The summed E-state index contributed by atoms with van der Waals surface area (Å²) in [5, 5.41) is 8.14. The quantitative estimate of drug-likeness (QED) is 0.259. The van der Waals surface area contributed by atoms with E-state index in [1.807, 2.05) is 19.1 Å². The molecule has 2 aliphatic heterocycles. The molecule has 3 atom stereocenters. The molecule has 12 nitrogen and oxygen atoms in total. The highest BCUT2D eigenvalue weighted by molar-refractivity contribution is 7.92. The summed E-state index contributed by atoms with van der Waals surface area (Å²) in [6.45, 7) is 5.48. The first-order chi connectivity index (χ1) is 22.4. The van der Waals surface area contributed by atoms with E-state index < -0.39 is 33.3 Å². The van der Waals surface area contributed by atoms with Crippen molar-refractivity contribution < 1.29 is 37.0 Å². The minimum Gasteiger partial charge on any atom is -0.493 e. The van der Waals surface area contributed by atoms with Crippen molar-refractivity contribution in [3.63, 3.8) is 0 Å². The number of sulfone groups is 1. The minimum atomic E-state index is -3.76. The second kappa shape index (κ2) is 13.5. The van der Waals surface area contributed by atoms with Crippen molar-refractivity contribution in [3.8, 4) is 11.5 Å². The Balaban J connectivity index is 1.59. The highest BCUT2D eigenvalue weighted by Gasteiger charge is 2.38. The Kier molecular flexibility index (Phi) is 9.66. The van der Waals surface area contributed by atoms with Crippen LogP contribution in [0.3, 0.4) is 0 Å². The molecule has 3 unspecified atom stereocenters. The second-order valence-corrected chi connectivity index (χ2v) is 14.3. The Hall–Kier alpha value is -4.78. The molecular formula is C34H40N4O8S. The van der Waals surface area contributed by atoms with Gasteiger partial charge in [-0.3, -0.25) is 14.9 Å². The number of methoxy groups -OCH3 is 3. The number of carbonyl (C=O) groups excluding carboxylic acids is 3. The van der Waals surface area contributed by atoms with E-state index in [0.29, 0.717) is 59.0 Å². The van der Waals surface area contributed by atoms with Crippen LogP contribution in [0.4, 0.5) is 16.2 Å². The van der Waals surface area contributed by atoms with E-state index in [0.717, 1.165) is 5.56 Å². The number of ether oxygens (including phenoxy) is 3. The van der Waals surface area contributed by atoms with E-state index in [4.69, 9.17) is 14.2 Å². The van der Waals surface area contributed by atoms with Gasteiger partial charge in [-0.05, 0) is 92.8 Å². The van der Waals surface area contributed by atoms with Crippen LogP contribution in [0, 0.1) is 0 Å². The minimum absolute atomic E-state index is 0.0991. The van der Waals surface area contributed by atoms with Crippen molar-refractivity contribution >= 4 is 39.1 Å². The highest BCUT2D eigenvalue weighted by Crippen LogP contribution is 2.41. The molecule has 47 heavy (non-hydrogen) atoms. The van der Waals surface area contributed by atoms with Gasteiger partial charge in [-0.2, -0.15) is 0 Å². The third-order valence-electron chi connectivity index (χ3n) is 8.67. The summed E-state index contributed by atoms with van der Waals surface area (Å²) in [6, 6.07) is 13.5.